The predicted molar refractivity (Wildman–Crippen MR) is 77.8 cm³/mol. The second kappa shape index (κ2) is 5.54. The van der Waals surface area contributed by atoms with Crippen molar-refractivity contribution < 1.29 is 12.8 Å². The van der Waals surface area contributed by atoms with Gasteiger partial charge in [0.2, 0.25) is 0 Å². The van der Waals surface area contributed by atoms with Gasteiger partial charge in [-0.15, -0.1) is 0 Å². The molecular weight excluding hydrogens is 291 g/mol. The second-order valence-corrected chi connectivity index (χ2v) is 6.36. The Morgan fingerprint density at radius 1 is 1.14 bits per heavy atom. The topological polar surface area (TPSA) is 70.0 Å². The number of halogens is 1. The SMILES string of the molecule is Cc1cc(C)cc(NS(=O)(=O)c2cccc(F)c2C#N)c1. The molecule has 0 spiro atoms. The molecule has 0 aliphatic carbocycles. The molecule has 0 amide bonds. The minimum absolute atomic E-state index is 0.371. The molecule has 0 aromatic heterocycles. The van der Waals surface area contributed by atoms with Gasteiger partial charge < -0.3 is 0 Å². The van der Waals surface area contributed by atoms with Crippen LogP contribution in [0, 0.1) is 31.0 Å². The zero-order valence-corrected chi connectivity index (χ0v) is 12.3. The summed E-state index contributed by atoms with van der Waals surface area (Å²) in [5, 5.41) is 8.93. The van der Waals surface area contributed by atoms with Gasteiger partial charge in [0.25, 0.3) is 10.0 Å². The van der Waals surface area contributed by atoms with Gasteiger partial charge in [-0.1, -0.05) is 12.1 Å². The highest BCUT2D eigenvalue weighted by Gasteiger charge is 2.21. The quantitative estimate of drug-likeness (QED) is 0.947. The zero-order valence-electron chi connectivity index (χ0n) is 11.5. The van der Waals surface area contributed by atoms with Crippen LogP contribution in [0.25, 0.3) is 0 Å². The van der Waals surface area contributed by atoms with Crippen LogP contribution in [0.5, 0.6) is 0 Å². The van der Waals surface area contributed by atoms with Gasteiger partial charge in [-0.2, -0.15) is 5.26 Å². The smallest absolute Gasteiger partial charge is 0.263 e. The largest absolute Gasteiger partial charge is 0.280 e. The van der Waals surface area contributed by atoms with Gasteiger partial charge in [-0.25, -0.2) is 12.8 Å². The summed E-state index contributed by atoms with van der Waals surface area (Å²) in [7, 11) is -4.02. The molecule has 0 aliphatic rings. The van der Waals surface area contributed by atoms with E-state index < -0.39 is 21.4 Å². The first kappa shape index (κ1) is 15.0. The van der Waals surface area contributed by atoms with E-state index in [9.17, 15) is 12.8 Å². The maximum absolute atomic E-state index is 13.5. The van der Waals surface area contributed by atoms with Crippen molar-refractivity contribution in [2.75, 3.05) is 4.72 Å². The van der Waals surface area contributed by atoms with Crippen molar-refractivity contribution in [1.82, 2.24) is 0 Å². The summed E-state index contributed by atoms with van der Waals surface area (Å²) in [6.45, 7) is 3.68. The first-order chi connectivity index (χ1) is 9.83. The monoisotopic (exact) mass is 304 g/mol. The molecule has 0 radical (unpaired) electrons. The number of anilines is 1. The Morgan fingerprint density at radius 2 is 1.76 bits per heavy atom. The molecule has 2 aromatic rings. The summed E-state index contributed by atoms with van der Waals surface area (Å²) in [6.07, 6.45) is 0. The van der Waals surface area contributed by atoms with Crippen LogP contribution in [0.4, 0.5) is 10.1 Å². The summed E-state index contributed by atoms with van der Waals surface area (Å²) in [4.78, 5) is -0.371. The number of hydrogen-bond acceptors (Lipinski definition) is 3. The van der Waals surface area contributed by atoms with Gasteiger partial charge in [-0.3, -0.25) is 4.72 Å². The Kier molecular flexibility index (Phi) is 3.96. The molecule has 0 aliphatic heterocycles. The summed E-state index contributed by atoms with van der Waals surface area (Å²) < 4.78 is 40.6. The van der Waals surface area contributed by atoms with Crippen LogP contribution in [0.15, 0.2) is 41.3 Å². The molecule has 0 bridgehead atoms. The molecule has 6 heteroatoms. The van der Waals surface area contributed by atoms with Crippen LogP contribution in [0.1, 0.15) is 16.7 Å². The van der Waals surface area contributed by atoms with Crippen molar-refractivity contribution in [3.63, 3.8) is 0 Å². The van der Waals surface area contributed by atoms with E-state index in [2.05, 4.69) is 4.72 Å². The fourth-order valence-corrected chi connectivity index (χ4v) is 3.29. The minimum Gasteiger partial charge on any atom is -0.280 e. The van der Waals surface area contributed by atoms with Crippen molar-refractivity contribution in [3.05, 3.63) is 58.9 Å². The lowest BCUT2D eigenvalue weighted by Gasteiger charge is -2.11. The molecule has 0 saturated carbocycles. The van der Waals surface area contributed by atoms with Crippen molar-refractivity contribution in [3.8, 4) is 6.07 Å². The van der Waals surface area contributed by atoms with Gasteiger partial charge in [0.1, 0.15) is 22.3 Å². The molecule has 4 nitrogen and oxygen atoms in total. The fraction of sp³-hybridized carbons (Fsp3) is 0.133. The van der Waals surface area contributed by atoms with E-state index in [0.29, 0.717) is 5.69 Å². The van der Waals surface area contributed by atoms with E-state index in [1.54, 1.807) is 18.2 Å². The van der Waals surface area contributed by atoms with E-state index in [1.807, 2.05) is 19.9 Å². The average Bonchev–Trinajstić information content (AvgIpc) is 2.36. The van der Waals surface area contributed by atoms with E-state index in [0.717, 1.165) is 17.2 Å². The highest BCUT2D eigenvalue weighted by molar-refractivity contribution is 7.92. The standard InChI is InChI=1S/C15H13FN2O2S/c1-10-6-11(2)8-12(7-10)18-21(19,20)15-5-3-4-14(16)13(15)9-17/h3-8,18H,1-2H3. The number of nitrogens with one attached hydrogen (secondary N) is 1. The molecule has 0 fully saturated rings. The number of hydrogen-bond donors (Lipinski definition) is 1. The summed E-state index contributed by atoms with van der Waals surface area (Å²) >= 11 is 0. The summed E-state index contributed by atoms with van der Waals surface area (Å²) in [6, 6.07) is 10.3. The minimum atomic E-state index is -4.02. The third-order valence-corrected chi connectivity index (χ3v) is 4.27. The van der Waals surface area contributed by atoms with Crippen molar-refractivity contribution in [1.29, 1.82) is 5.26 Å². The fourth-order valence-electron chi connectivity index (χ4n) is 2.08. The van der Waals surface area contributed by atoms with Crippen LogP contribution < -0.4 is 4.72 Å². The molecule has 0 atom stereocenters. The van der Waals surface area contributed by atoms with Gasteiger partial charge in [0.05, 0.1) is 0 Å². The van der Waals surface area contributed by atoms with Gasteiger partial charge in [0, 0.05) is 5.69 Å². The van der Waals surface area contributed by atoms with Crippen molar-refractivity contribution in [2.45, 2.75) is 18.7 Å². The Morgan fingerprint density at radius 3 is 2.33 bits per heavy atom. The first-order valence-electron chi connectivity index (χ1n) is 6.13. The number of aryl methyl sites for hydroxylation is 2. The highest BCUT2D eigenvalue weighted by atomic mass is 32.2. The lowest BCUT2D eigenvalue weighted by Crippen LogP contribution is -2.15. The molecule has 2 aromatic carbocycles. The number of nitrogens with zero attached hydrogens (tertiary/aromatic N) is 1. The zero-order chi connectivity index (χ0) is 15.6. The molecule has 108 valence electrons. The van der Waals surface area contributed by atoms with Gasteiger partial charge >= 0.3 is 0 Å². The van der Waals surface area contributed by atoms with E-state index >= 15 is 0 Å². The van der Waals surface area contributed by atoms with Crippen LogP contribution in [-0.4, -0.2) is 8.42 Å². The molecule has 21 heavy (non-hydrogen) atoms. The van der Waals surface area contributed by atoms with E-state index in [1.165, 1.54) is 12.1 Å². The number of rotatable bonds is 3. The lowest BCUT2D eigenvalue weighted by molar-refractivity contribution is 0.593. The van der Waals surface area contributed by atoms with Gasteiger partial charge in [-0.05, 0) is 49.2 Å². The van der Waals surface area contributed by atoms with Gasteiger partial charge in [0.15, 0.2) is 0 Å². The second-order valence-electron chi connectivity index (χ2n) is 4.71. The normalized spacial score (nSPS) is 11.0. The number of nitriles is 1. The summed E-state index contributed by atoms with van der Waals surface area (Å²) in [5.74, 6) is -0.860. The van der Waals surface area contributed by atoms with E-state index in [-0.39, 0.29) is 4.90 Å². The number of sulfonamides is 1. The maximum atomic E-state index is 13.5. The van der Waals surface area contributed by atoms with Crippen LogP contribution >= 0.6 is 0 Å². The van der Waals surface area contributed by atoms with Crippen LogP contribution in [0.3, 0.4) is 0 Å². The Bertz CT molecular complexity index is 819. The van der Waals surface area contributed by atoms with Crippen molar-refractivity contribution >= 4 is 15.7 Å². The third-order valence-electron chi connectivity index (χ3n) is 2.85. The third kappa shape index (κ3) is 3.20. The molecule has 0 unspecified atom stereocenters. The summed E-state index contributed by atoms with van der Waals surface area (Å²) in [5.41, 5.74) is 1.68. The van der Waals surface area contributed by atoms with Crippen molar-refractivity contribution in [2.24, 2.45) is 0 Å². The lowest BCUT2D eigenvalue weighted by atomic mass is 10.1. The van der Waals surface area contributed by atoms with Crippen LogP contribution in [-0.2, 0) is 10.0 Å². The van der Waals surface area contributed by atoms with Crippen LogP contribution in [0.2, 0.25) is 0 Å². The Hall–Kier alpha value is -2.39. The highest BCUT2D eigenvalue weighted by Crippen LogP contribution is 2.22. The maximum Gasteiger partial charge on any atom is 0.263 e. The molecule has 0 heterocycles. The molecule has 0 saturated heterocycles. The molecule has 1 N–H and O–H groups in total. The Labute approximate surface area is 122 Å². The predicted octanol–water partition coefficient (Wildman–Crippen LogP) is 3.12. The average molecular weight is 304 g/mol. The molecular formula is C15H13FN2O2S. The van der Waals surface area contributed by atoms with E-state index in [4.69, 9.17) is 5.26 Å². The first-order valence-corrected chi connectivity index (χ1v) is 7.61. The molecule has 2 rings (SSSR count). The number of benzene rings is 2. The Balaban J connectivity index is 2.49.